The predicted molar refractivity (Wildman–Crippen MR) is 85.7 cm³/mol. The van der Waals surface area contributed by atoms with Crippen LogP contribution in [0.15, 0.2) is 35.0 Å². The lowest BCUT2D eigenvalue weighted by Crippen LogP contribution is -1.83. The van der Waals surface area contributed by atoms with Crippen molar-refractivity contribution in [3.05, 3.63) is 51.3 Å². The lowest BCUT2D eigenvalue weighted by atomic mass is 10.1. The Bertz CT molecular complexity index is 808. The van der Waals surface area contributed by atoms with Gasteiger partial charge in [-0.05, 0) is 24.5 Å². The van der Waals surface area contributed by atoms with Gasteiger partial charge >= 0.3 is 0 Å². The highest BCUT2D eigenvalue weighted by Crippen LogP contribution is 2.27. The van der Waals surface area contributed by atoms with Crippen LogP contribution in [0, 0.1) is 18.3 Å². The number of thiazole rings is 1. The average Bonchev–Trinajstić information content (AvgIpc) is 3.17. The van der Waals surface area contributed by atoms with E-state index < -0.39 is 0 Å². The van der Waals surface area contributed by atoms with E-state index in [4.69, 9.17) is 0 Å². The van der Waals surface area contributed by atoms with Gasteiger partial charge in [-0.3, -0.25) is 0 Å². The first-order valence-corrected chi connectivity index (χ1v) is 7.89. The van der Waals surface area contributed by atoms with E-state index in [0.29, 0.717) is 16.3 Å². The Kier molecular flexibility index (Phi) is 3.86. The molecule has 0 atom stereocenters. The largest absolute Gasteiger partial charge is 0.235 e. The highest BCUT2D eigenvalue weighted by atomic mass is 32.1. The Labute approximate surface area is 130 Å². The first-order chi connectivity index (χ1) is 10.3. The summed E-state index contributed by atoms with van der Waals surface area (Å²) in [4.78, 5) is 4.54. The summed E-state index contributed by atoms with van der Waals surface area (Å²) >= 11 is 2.71. The van der Waals surface area contributed by atoms with Gasteiger partial charge in [-0.15, -0.1) is 16.4 Å². The molecule has 0 saturated carbocycles. The monoisotopic (exact) mass is 310 g/mol. The summed E-state index contributed by atoms with van der Waals surface area (Å²) < 4.78 is 3.78. The SMILES string of the molecule is Cc1ccc(-c2csc(C(C#N)=Cc3csnn3)n2)cc1. The number of hydrogen-bond acceptors (Lipinski definition) is 6. The van der Waals surface area contributed by atoms with E-state index in [0.717, 1.165) is 11.3 Å². The van der Waals surface area contributed by atoms with Crippen molar-refractivity contribution in [2.75, 3.05) is 0 Å². The van der Waals surface area contributed by atoms with Crippen LogP contribution in [0.5, 0.6) is 0 Å². The summed E-state index contributed by atoms with van der Waals surface area (Å²) in [5.74, 6) is 0. The number of hydrogen-bond donors (Lipinski definition) is 0. The van der Waals surface area contributed by atoms with Gasteiger partial charge in [0.25, 0.3) is 0 Å². The van der Waals surface area contributed by atoms with Crippen molar-refractivity contribution in [1.29, 1.82) is 5.26 Å². The van der Waals surface area contributed by atoms with Gasteiger partial charge in [0, 0.05) is 16.3 Å². The molecule has 0 spiro atoms. The number of nitrogens with zero attached hydrogens (tertiary/aromatic N) is 4. The van der Waals surface area contributed by atoms with Crippen LogP contribution < -0.4 is 0 Å². The zero-order chi connectivity index (χ0) is 14.7. The predicted octanol–water partition coefficient (Wildman–Crippen LogP) is 4.03. The highest BCUT2D eigenvalue weighted by molar-refractivity contribution is 7.11. The van der Waals surface area contributed by atoms with Crippen molar-refractivity contribution < 1.29 is 0 Å². The number of aryl methyl sites for hydroxylation is 1. The molecule has 3 rings (SSSR count). The molecule has 21 heavy (non-hydrogen) atoms. The number of rotatable bonds is 3. The normalized spacial score (nSPS) is 11.3. The topological polar surface area (TPSA) is 62.5 Å². The van der Waals surface area contributed by atoms with Crippen molar-refractivity contribution in [1.82, 2.24) is 14.6 Å². The summed E-state index contributed by atoms with van der Waals surface area (Å²) in [5.41, 5.74) is 4.33. The molecule has 2 heterocycles. The third-order valence-corrected chi connectivity index (χ3v) is 4.27. The zero-order valence-electron chi connectivity index (χ0n) is 11.1. The zero-order valence-corrected chi connectivity index (χ0v) is 12.8. The number of allylic oxidation sites excluding steroid dienone is 1. The van der Waals surface area contributed by atoms with Gasteiger partial charge in [-0.2, -0.15) is 5.26 Å². The minimum Gasteiger partial charge on any atom is -0.235 e. The van der Waals surface area contributed by atoms with Crippen LogP contribution in [0.3, 0.4) is 0 Å². The van der Waals surface area contributed by atoms with Gasteiger partial charge in [0.2, 0.25) is 0 Å². The van der Waals surface area contributed by atoms with Crippen LogP contribution in [-0.2, 0) is 0 Å². The Balaban J connectivity index is 1.94. The van der Waals surface area contributed by atoms with E-state index in [1.165, 1.54) is 28.4 Å². The average molecular weight is 310 g/mol. The molecule has 1 aromatic carbocycles. The molecule has 0 saturated heterocycles. The number of nitriles is 1. The van der Waals surface area contributed by atoms with Crippen molar-refractivity contribution in [3.8, 4) is 17.3 Å². The lowest BCUT2D eigenvalue weighted by molar-refractivity contribution is 1.14. The van der Waals surface area contributed by atoms with Crippen LogP contribution in [-0.4, -0.2) is 14.6 Å². The fourth-order valence-corrected chi connectivity index (χ4v) is 2.99. The Morgan fingerprint density at radius 1 is 1.24 bits per heavy atom. The van der Waals surface area contributed by atoms with Gasteiger partial charge in [0.15, 0.2) is 0 Å². The molecule has 2 aromatic heterocycles. The van der Waals surface area contributed by atoms with E-state index in [2.05, 4.69) is 39.7 Å². The maximum Gasteiger partial charge on any atom is 0.134 e. The molecular formula is C15H10N4S2. The minimum atomic E-state index is 0.506. The standard InChI is InChI=1S/C15H10N4S2/c1-10-2-4-11(5-3-10)14-9-20-15(17-14)12(7-16)6-13-8-21-19-18-13/h2-6,8-9H,1H3. The molecule has 0 fully saturated rings. The van der Waals surface area contributed by atoms with E-state index in [1.54, 1.807) is 11.5 Å². The second-order valence-corrected chi connectivity index (χ2v) is 5.87. The Morgan fingerprint density at radius 3 is 2.71 bits per heavy atom. The molecule has 0 amide bonds. The van der Waals surface area contributed by atoms with Crippen LogP contribution in [0.2, 0.25) is 0 Å². The maximum atomic E-state index is 9.30. The molecule has 4 nitrogen and oxygen atoms in total. The molecule has 0 aliphatic heterocycles. The number of benzene rings is 1. The van der Waals surface area contributed by atoms with E-state index in [-0.39, 0.29) is 0 Å². The summed E-state index contributed by atoms with van der Waals surface area (Å²) in [6.45, 7) is 2.05. The first-order valence-electron chi connectivity index (χ1n) is 6.18. The maximum absolute atomic E-state index is 9.30. The van der Waals surface area contributed by atoms with Gasteiger partial charge in [0.1, 0.15) is 11.1 Å². The summed E-state index contributed by atoms with van der Waals surface area (Å²) in [6, 6.07) is 10.4. The van der Waals surface area contributed by atoms with Crippen LogP contribution in [0.4, 0.5) is 0 Å². The van der Waals surface area contributed by atoms with Crippen molar-refractivity contribution in [3.63, 3.8) is 0 Å². The van der Waals surface area contributed by atoms with Gasteiger partial charge in [-0.25, -0.2) is 4.98 Å². The molecular weight excluding hydrogens is 300 g/mol. The summed E-state index contributed by atoms with van der Waals surface area (Å²) in [6.07, 6.45) is 1.71. The van der Waals surface area contributed by atoms with Gasteiger partial charge in [0.05, 0.1) is 17.0 Å². The summed E-state index contributed by atoms with van der Waals surface area (Å²) in [5, 5.41) is 17.7. The van der Waals surface area contributed by atoms with Gasteiger partial charge < -0.3 is 0 Å². The molecule has 0 radical (unpaired) electrons. The smallest absolute Gasteiger partial charge is 0.134 e. The highest BCUT2D eigenvalue weighted by Gasteiger charge is 2.09. The third kappa shape index (κ3) is 3.05. The van der Waals surface area contributed by atoms with Crippen LogP contribution in [0.1, 0.15) is 16.3 Å². The quantitative estimate of drug-likeness (QED) is 0.685. The molecule has 0 N–H and O–H groups in total. The Hall–Kier alpha value is -2.36. The number of aromatic nitrogens is 3. The fraction of sp³-hybridized carbons (Fsp3) is 0.0667. The molecule has 0 aliphatic carbocycles. The van der Waals surface area contributed by atoms with Crippen LogP contribution in [0.25, 0.3) is 22.9 Å². The molecule has 0 bridgehead atoms. The minimum absolute atomic E-state index is 0.506. The second-order valence-electron chi connectivity index (χ2n) is 4.40. The Morgan fingerprint density at radius 2 is 2.05 bits per heavy atom. The molecule has 0 aliphatic rings. The molecule has 3 aromatic rings. The van der Waals surface area contributed by atoms with Crippen LogP contribution >= 0.6 is 22.9 Å². The molecule has 0 unspecified atom stereocenters. The van der Waals surface area contributed by atoms with E-state index in [9.17, 15) is 5.26 Å². The van der Waals surface area contributed by atoms with Crippen molar-refractivity contribution in [2.24, 2.45) is 0 Å². The van der Waals surface area contributed by atoms with Gasteiger partial charge in [-0.1, -0.05) is 34.3 Å². The lowest BCUT2D eigenvalue weighted by Gasteiger charge is -1.97. The van der Waals surface area contributed by atoms with E-state index >= 15 is 0 Å². The van der Waals surface area contributed by atoms with Crippen molar-refractivity contribution in [2.45, 2.75) is 6.92 Å². The molecule has 102 valence electrons. The summed E-state index contributed by atoms with van der Waals surface area (Å²) in [7, 11) is 0. The fourth-order valence-electron chi connectivity index (χ4n) is 1.78. The third-order valence-electron chi connectivity index (χ3n) is 2.87. The first kappa shape index (κ1) is 13.6. The van der Waals surface area contributed by atoms with Crippen molar-refractivity contribution >= 4 is 34.5 Å². The molecule has 6 heteroatoms. The van der Waals surface area contributed by atoms with E-state index in [1.807, 2.05) is 17.5 Å². The second kappa shape index (κ2) is 5.95.